The largest absolute Gasteiger partial charge is 0.457 e. The molecule has 0 spiro atoms. The fourth-order valence-corrected chi connectivity index (χ4v) is 2.73. The van der Waals surface area contributed by atoms with Crippen LogP contribution < -0.4 is 4.74 Å². The van der Waals surface area contributed by atoms with Gasteiger partial charge in [0.2, 0.25) is 0 Å². The van der Waals surface area contributed by atoms with Gasteiger partial charge in [-0.05, 0) is 74.0 Å². The molecule has 0 aliphatic carbocycles. The van der Waals surface area contributed by atoms with Gasteiger partial charge in [-0.2, -0.15) is 0 Å². The van der Waals surface area contributed by atoms with E-state index in [1.165, 1.54) is 6.07 Å². The number of esters is 2. The minimum atomic E-state index is -0.494. The van der Waals surface area contributed by atoms with Gasteiger partial charge in [-0.25, -0.2) is 14.0 Å². The van der Waals surface area contributed by atoms with E-state index in [1.54, 1.807) is 74.5 Å². The number of benzene rings is 3. The smallest absolute Gasteiger partial charge is 0.338 e. The lowest BCUT2D eigenvalue weighted by Gasteiger charge is -2.04. The van der Waals surface area contributed by atoms with Crippen molar-refractivity contribution in [3.63, 3.8) is 0 Å². The van der Waals surface area contributed by atoms with Gasteiger partial charge in [0, 0.05) is 27.8 Å². The third-order valence-corrected chi connectivity index (χ3v) is 4.75. The molecule has 5 heteroatoms. The minimum absolute atomic E-state index is 0.142. The second-order valence-electron chi connectivity index (χ2n) is 7.94. The Bertz CT molecular complexity index is 1440. The molecule has 0 fully saturated rings. The molecular weight excluding hydrogens is 455 g/mol. The van der Waals surface area contributed by atoms with Crippen LogP contribution in [0.25, 0.3) is 0 Å². The normalized spacial score (nSPS) is 9.64. The van der Waals surface area contributed by atoms with Crippen LogP contribution in [0.4, 0.5) is 4.39 Å². The fourth-order valence-electron chi connectivity index (χ4n) is 2.73. The van der Waals surface area contributed by atoms with E-state index < -0.39 is 17.8 Å². The molecule has 3 aromatic rings. The second-order valence-corrected chi connectivity index (χ2v) is 7.94. The van der Waals surface area contributed by atoms with Gasteiger partial charge in [0.25, 0.3) is 0 Å². The van der Waals surface area contributed by atoms with E-state index >= 15 is 0 Å². The fraction of sp³-hybridized carbons (Fsp3) is 0.0968. The van der Waals surface area contributed by atoms with Crippen molar-refractivity contribution in [3.8, 4) is 29.4 Å². The second kappa shape index (κ2) is 12.0. The lowest BCUT2D eigenvalue weighted by molar-refractivity contribution is -0.140. The summed E-state index contributed by atoms with van der Waals surface area (Å²) < 4.78 is 24.8. The maximum Gasteiger partial charge on any atom is 0.338 e. The molecule has 0 saturated carbocycles. The SMILES string of the molecule is C=C(C)C(=O)OCc1ccc(C#Cc2ccc(C#Cc3ccc(OC(=O)C(=C)C)cc3)cc2F)cc1. The van der Waals surface area contributed by atoms with Crippen molar-refractivity contribution in [1.82, 2.24) is 0 Å². The number of halogens is 1. The number of hydrogen-bond donors (Lipinski definition) is 0. The van der Waals surface area contributed by atoms with Gasteiger partial charge in [0.1, 0.15) is 18.2 Å². The Balaban J connectivity index is 1.63. The van der Waals surface area contributed by atoms with Crippen molar-refractivity contribution in [2.75, 3.05) is 0 Å². The summed E-state index contributed by atoms with van der Waals surface area (Å²) in [6.45, 7) is 10.4. The van der Waals surface area contributed by atoms with Gasteiger partial charge in [0.05, 0.1) is 5.56 Å². The molecule has 0 heterocycles. The molecule has 3 aromatic carbocycles. The van der Waals surface area contributed by atoms with Crippen LogP contribution in [0.5, 0.6) is 5.75 Å². The van der Waals surface area contributed by atoms with Crippen molar-refractivity contribution < 1.29 is 23.5 Å². The summed E-state index contributed by atoms with van der Waals surface area (Å²) in [5.74, 6) is 10.6. The first-order valence-electron chi connectivity index (χ1n) is 10.9. The van der Waals surface area contributed by atoms with Gasteiger partial charge < -0.3 is 9.47 Å². The van der Waals surface area contributed by atoms with E-state index in [1.807, 2.05) is 0 Å². The maximum atomic E-state index is 14.5. The summed E-state index contributed by atoms with van der Waals surface area (Å²) in [5, 5.41) is 0. The Hall–Kier alpha value is -4.87. The molecular formula is C31H23FO4. The van der Waals surface area contributed by atoms with E-state index in [2.05, 4.69) is 36.8 Å². The Morgan fingerprint density at radius 3 is 1.86 bits per heavy atom. The number of rotatable bonds is 5. The molecule has 0 bridgehead atoms. The number of hydrogen-bond acceptors (Lipinski definition) is 4. The highest BCUT2D eigenvalue weighted by Crippen LogP contribution is 2.14. The van der Waals surface area contributed by atoms with Crippen LogP contribution in [0.3, 0.4) is 0 Å². The Kier molecular flexibility index (Phi) is 8.59. The highest BCUT2D eigenvalue weighted by molar-refractivity contribution is 5.88. The van der Waals surface area contributed by atoms with E-state index in [-0.39, 0.29) is 12.2 Å². The Labute approximate surface area is 210 Å². The van der Waals surface area contributed by atoms with Gasteiger partial charge in [-0.15, -0.1) is 0 Å². The molecule has 3 rings (SSSR count). The summed E-state index contributed by atoms with van der Waals surface area (Å²) >= 11 is 0. The summed E-state index contributed by atoms with van der Waals surface area (Å²) in [6, 6.07) is 18.4. The van der Waals surface area contributed by atoms with Crippen LogP contribution in [0, 0.1) is 29.5 Å². The number of carbonyl (C=O) groups is 2. The van der Waals surface area contributed by atoms with Crippen molar-refractivity contribution in [1.29, 1.82) is 0 Å². The van der Waals surface area contributed by atoms with Gasteiger partial charge in [-0.3, -0.25) is 0 Å². The molecule has 36 heavy (non-hydrogen) atoms. The highest BCUT2D eigenvalue weighted by atomic mass is 19.1. The zero-order valence-electron chi connectivity index (χ0n) is 20.0. The van der Waals surface area contributed by atoms with Crippen LogP contribution >= 0.6 is 0 Å². The predicted octanol–water partition coefficient (Wildman–Crippen LogP) is 5.73. The summed E-state index contributed by atoms with van der Waals surface area (Å²) in [4.78, 5) is 23.0. The van der Waals surface area contributed by atoms with Gasteiger partial charge in [-0.1, -0.05) is 49.0 Å². The van der Waals surface area contributed by atoms with E-state index in [4.69, 9.17) is 9.47 Å². The van der Waals surface area contributed by atoms with Gasteiger partial charge >= 0.3 is 11.9 Å². The average molecular weight is 479 g/mol. The van der Waals surface area contributed by atoms with E-state index in [0.29, 0.717) is 33.6 Å². The monoisotopic (exact) mass is 478 g/mol. The molecule has 0 aromatic heterocycles. The summed E-state index contributed by atoms with van der Waals surface area (Å²) in [5.41, 5.74) is 3.61. The summed E-state index contributed by atoms with van der Waals surface area (Å²) in [6.07, 6.45) is 0. The zero-order chi connectivity index (χ0) is 26.1. The average Bonchev–Trinajstić information content (AvgIpc) is 2.86. The quantitative estimate of drug-likeness (QED) is 0.204. The van der Waals surface area contributed by atoms with Gasteiger partial charge in [0.15, 0.2) is 0 Å². The maximum absolute atomic E-state index is 14.5. The van der Waals surface area contributed by atoms with Crippen LogP contribution in [0.2, 0.25) is 0 Å². The first-order valence-corrected chi connectivity index (χ1v) is 10.9. The molecule has 0 unspecified atom stereocenters. The Morgan fingerprint density at radius 2 is 1.28 bits per heavy atom. The first-order chi connectivity index (χ1) is 17.2. The lowest BCUT2D eigenvalue weighted by Crippen LogP contribution is -2.07. The third kappa shape index (κ3) is 7.58. The molecule has 0 N–H and O–H groups in total. The molecule has 0 aliphatic heterocycles. The van der Waals surface area contributed by atoms with Crippen molar-refractivity contribution in [3.05, 3.63) is 125 Å². The predicted molar refractivity (Wildman–Crippen MR) is 136 cm³/mol. The van der Waals surface area contributed by atoms with E-state index in [9.17, 15) is 14.0 Å². The first kappa shape index (κ1) is 25.7. The van der Waals surface area contributed by atoms with Crippen molar-refractivity contribution in [2.24, 2.45) is 0 Å². The Morgan fingerprint density at radius 1 is 0.750 bits per heavy atom. The van der Waals surface area contributed by atoms with Crippen LogP contribution in [0.15, 0.2) is 91.0 Å². The van der Waals surface area contributed by atoms with Crippen molar-refractivity contribution >= 4 is 11.9 Å². The van der Waals surface area contributed by atoms with Crippen molar-refractivity contribution in [2.45, 2.75) is 20.5 Å². The molecule has 0 aliphatic rings. The van der Waals surface area contributed by atoms with Crippen LogP contribution in [-0.4, -0.2) is 11.9 Å². The molecule has 0 saturated heterocycles. The summed E-state index contributed by atoms with van der Waals surface area (Å²) in [7, 11) is 0. The number of ether oxygens (including phenoxy) is 2. The zero-order valence-corrected chi connectivity index (χ0v) is 20.0. The third-order valence-electron chi connectivity index (χ3n) is 4.75. The highest BCUT2D eigenvalue weighted by Gasteiger charge is 2.05. The van der Waals surface area contributed by atoms with E-state index in [0.717, 1.165) is 5.56 Å². The lowest BCUT2D eigenvalue weighted by atomic mass is 10.1. The van der Waals surface area contributed by atoms with Crippen LogP contribution in [-0.2, 0) is 20.9 Å². The topological polar surface area (TPSA) is 52.6 Å². The minimum Gasteiger partial charge on any atom is -0.457 e. The molecule has 0 radical (unpaired) electrons. The molecule has 0 atom stereocenters. The molecule has 178 valence electrons. The van der Waals surface area contributed by atoms with Crippen LogP contribution in [0.1, 0.15) is 41.7 Å². The molecule has 4 nitrogen and oxygen atoms in total. The molecule has 0 amide bonds. The standard InChI is InChI=1S/C31H23FO4/c1-21(2)30(33)35-20-26-9-6-23(7-10-26)11-15-27-16-12-25(19-29(27)32)8-5-24-13-17-28(18-14-24)36-31(34)22(3)4/h6-7,9-10,12-14,16-19H,1,3,20H2,2,4H3. The number of carbonyl (C=O) groups excluding carboxylic acids is 2.